The van der Waals surface area contributed by atoms with Crippen LogP contribution >= 0.6 is 0 Å². The molecule has 0 bridgehead atoms. The van der Waals surface area contributed by atoms with Crippen LogP contribution in [0.1, 0.15) is 93.0 Å². The Morgan fingerprint density at radius 3 is 1.88 bits per heavy atom. The van der Waals surface area contributed by atoms with Crippen LogP contribution in [0.4, 0.5) is 0 Å². The summed E-state index contributed by atoms with van der Waals surface area (Å²) >= 11 is 0. The molecule has 0 spiro atoms. The van der Waals surface area contributed by atoms with Crippen molar-refractivity contribution in [2.45, 2.75) is 77.0 Å². The largest absolute Gasteiger partial charge is 0.507 e. The van der Waals surface area contributed by atoms with Crippen molar-refractivity contribution in [3.63, 3.8) is 0 Å². The van der Waals surface area contributed by atoms with Crippen molar-refractivity contribution in [1.82, 2.24) is 10.6 Å². The molecule has 0 atom stereocenters. The van der Waals surface area contributed by atoms with E-state index in [1.165, 1.54) is 12.1 Å². The number of benzene rings is 2. The van der Waals surface area contributed by atoms with Crippen LogP contribution in [0.3, 0.4) is 0 Å². The Morgan fingerprint density at radius 1 is 0.683 bits per heavy atom. The van der Waals surface area contributed by atoms with Crippen molar-refractivity contribution in [2.75, 3.05) is 13.1 Å². The number of aromatic hydroxyl groups is 1. The summed E-state index contributed by atoms with van der Waals surface area (Å²) in [5, 5.41) is 33.5. The van der Waals surface area contributed by atoms with Gasteiger partial charge in [0.15, 0.2) is 0 Å². The summed E-state index contributed by atoms with van der Waals surface area (Å²) in [6.45, 7) is 1.04. The lowest BCUT2D eigenvalue weighted by molar-refractivity contribution is -0.138. The zero-order chi connectivity index (χ0) is 29.9. The molecule has 0 saturated carbocycles. The molecule has 9 nitrogen and oxygen atoms in total. The maximum Gasteiger partial charge on any atom is 0.303 e. The summed E-state index contributed by atoms with van der Waals surface area (Å²) in [6, 6.07) is 12.2. The standard InChI is InChI=1S/C32H42N2O7/c35-28-19-17-24(23-25(28)18-20-29(36)33-21-11-5-1-3-7-15-30(37)38)26-13-9-10-14-27(26)32(41)34-22-12-6-2-4-8-16-31(39)40/h9-10,13-14,17-20,23,35H,1-8,11-12,15-16,21-22H2,(H,33,36)(H,34,41)(H,37,38)(H,39,40)/b20-18+. The van der Waals surface area contributed by atoms with E-state index in [0.717, 1.165) is 56.9 Å². The first-order valence-electron chi connectivity index (χ1n) is 14.4. The fraction of sp³-hybridized carbons (Fsp3) is 0.438. The second-order valence-electron chi connectivity index (χ2n) is 10.0. The van der Waals surface area contributed by atoms with Crippen LogP contribution in [-0.4, -0.2) is 52.2 Å². The van der Waals surface area contributed by atoms with E-state index in [9.17, 15) is 24.3 Å². The molecular weight excluding hydrogens is 524 g/mol. The van der Waals surface area contributed by atoms with Gasteiger partial charge in [-0.25, -0.2) is 0 Å². The first kappa shape index (κ1) is 33.1. The van der Waals surface area contributed by atoms with Crippen LogP contribution in [-0.2, 0) is 14.4 Å². The quantitative estimate of drug-likeness (QED) is 0.101. The molecular formula is C32H42N2O7. The first-order valence-corrected chi connectivity index (χ1v) is 14.4. The summed E-state index contributed by atoms with van der Waals surface area (Å²) in [7, 11) is 0. The van der Waals surface area contributed by atoms with E-state index in [0.29, 0.717) is 42.6 Å². The SMILES string of the molecule is O=C(O)CCCCCCCNC(=O)/C=C/c1cc(-c2ccccc2C(=O)NCCCCCCCC(=O)O)ccc1O. The molecule has 0 saturated heterocycles. The molecule has 0 radical (unpaired) electrons. The lowest BCUT2D eigenvalue weighted by Crippen LogP contribution is -2.25. The van der Waals surface area contributed by atoms with Gasteiger partial charge in [-0.1, -0.05) is 62.8 Å². The number of aliphatic carboxylic acids is 2. The summed E-state index contributed by atoms with van der Waals surface area (Å²) in [4.78, 5) is 46.3. The Kier molecular flexibility index (Phi) is 15.3. The maximum atomic E-state index is 12.9. The number of rotatable bonds is 20. The minimum Gasteiger partial charge on any atom is -0.507 e. The van der Waals surface area contributed by atoms with E-state index < -0.39 is 11.9 Å². The van der Waals surface area contributed by atoms with Crippen LogP contribution in [0.2, 0.25) is 0 Å². The molecule has 0 aliphatic heterocycles. The Bertz CT molecular complexity index is 1180. The third kappa shape index (κ3) is 13.7. The number of carbonyl (C=O) groups excluding carboxylic acids is 2. The van der Waals surface area contributed by atoms with E-state index >= 15 is 0 Å². The highest BCUT2D eigenvalue weighted by Gasteiger charge is 2.13. The molecule has 0 unspecified atom stereocenters. The predicted molar refractivity (Wildman–Crippen MR) is 159 cm³/mol. The minimum atomic E-state index is -0.777. The van der Waals surface area contributed by atoms with E-state index in [1.807, 2.05) is 12.1 Å². The monoisotopic (exact) mass is 566 g/mol. The van der Waals surface area contributed by atoms with Gasteiger partial charge in [-0.3, -0.25) is 19.2 Å². The normalized spacial score (nSPS) is 10.9. The van der Waals surface area contributed by atoms with E-state index in [1.54, 1.807) is 30.3 Å². The van der Waals surface area contributed by atoms with Crippen molar-refractivity contribution in [1.29, 1.82) is 0 Å². The number of amides is 2. The van der Waals surface area contributed by atoms with Crippen molar-refractivity contribution in [3.05, 3.63) is 59.7 Å². The number of phenols is 1. The van der Waals surface area contributed by atoms with E-state index in [2.05, 4.69) is 10.6 Å². The first-order chi connectivity index (χ1) is 19.8. The van der Waals surface area contributed by atoms with Gasteiger partial charge in [0.25, 0.3) is 5.91 Å². The molecule has 9 heteroatoms. The summed E-state index contributed by atoms with van der Waals surface area (Å²) in [6.07, 6.45) is 11.6. The lowest BCUT2D eigenvalue weighted by atomic mass is 9.97. The number of phenolic OH excluding ortho intramolecular Hbond substituents is 1. The minimum absolute atomic E-state index is 0.0180. The van der Waals surface area contributed by atoms with Crippen molar-refractivity contribution >= 4 is 29.8 Å². The van der Waals surface area contributed by atoms with Crippen LogP contribution in [0.15, 0.2) is 48.5 Å². The zero-order valence-corrected chi connectivity index (χ0v) is 23.6. The number of nitrogens with one attached hydrogen (secondary N) is 2. The smallest absolute Gasteiger partial charge is 0.303 e. The molecule has 0 heterocycles. The lowest BCUT2D eigenvalue weighted by Gasteiger charge is -2.12. The van der Waals surface area contributed by atoms with Gasteiger partial charge in [0.2, 0.25) is 5.91 Å². The van der Waals surface area contributed by atoms with Gasteiger partial charge in [-0.15, -0.1) is 0 Å². The second kappa shape index (κ2) is 19.0. The molecule has 5 N–H and O–H groups in total. The van der Waals surface area contributed by atoms with Gasteiger partial charge in [-0.05, 0) is 61.1 Å². The molecule has 0 aliphatic rings. The maximum absolute atomic E-state index is 12.9. The fourth-order valence-corrected chi connectivity index (χ4v) is 4.38. The van der Waals surface area contributed by atoms with Crippen LogP contribution < -0.4 is 10.6 Å². The molecule has 2 amide bonds. The predicted octanol–water partition coefficient (Wildman–Crippen LogP) is 5.77. The Balaban J connectivity index is 1.86. The zero-order valence-electron chi connectivity index (χ0n) is 23.6. The number of carboxylic acids is 2. The molecule has 0 aromatic heterocycles. The Morgan fingerprint density at radius 2 is 1.24 bits per heavy atom. The van der Waals surface area contributed by atoms with Crippen LogP contribution in [0.5, 0.6) is 5.75 Å². The van der Waals surface area contributed by atoms with Gasteiger partial charge < -0.3 is 26.0 Å². The number of hydrogen-bond donors (Lipinski definition) is 5. The molecule has 2 aromatic carbocycles. The summed E-state index contributed by atoms with van der Waals surface area (Å²) in [5.74, 6) is -2.00. The highest BCUT2D eigenvalue weighted by molar-refractivity contribution is 6.01. The van der Waals surface area contributed by atoms with Gasteiger partial charge in [-0.2, -0.15) is 0 Å². The average Bonchev–Trinajstić information content (AvgIpc) is 2.95. The van der Waals surface area contributed by atoms with E-state index in [-0.39, 0.29) is 30.4 Å². The van der Waals surface area contributed by atoms with Crippen molar-refractivity contribution in [2.24, 2.45) is 0 Å². The van der Waals surface area contributed by atoms with Crippen LogP contribution in [0, 0.1) is 0 Å². The third-order valence-electron chi connectivity index (χ3n) is 6.64. The van der Waals surface area contributed by atoms with Gasteiger partial charge in [0.05, 0.1) is 0 Å². The van der Waals surface area contributed by atoms with Gasteiger partial charge in [0, 0.05) is 43.1 Å². The molecule has 222 valence electrons. The second-order valence-corrected chi connectivity index (χ2v) is 10.0. The topological polar surface area (TPSA) is 153 Å². The van der Waals surface area contributed by atoms with Gasteiger partial charge in [0.1, 0.15) is 5.75 Å². The molecule has 0 aliphatic carbocycles. The van der Waals surface area contributed by atoms with Gasteiger partial charge >= 0.3 is 11.9 Å². The summed E-state index contributed by atoms with van der Waals surface area (Å²) < 4.78 is 0. The number of carboxylic acid groups (broad SMARTS) is 2. The van der Waals surface area contributed by atoms with E-state index in [4.69, 9.17) is 10.2 Å². The molecule has 2 rings (SSSR count). The molecule has 41 heavy (non-hydrogen) atoms. The molecule has 0 fully saturated rings. The number of unbranched alkanes of at least 4 members (excludes halogenated alkanes) is 8. The highest BCUT2D eigenvalue weighted by Crippen LogP contribution is 2.29. The summed E-state index contributed by atoms with van der Waals surface area (Å²) in [5.41, 5.74) is 2.40. The molecule has 2 aromatic rings. The van der Waals surface area contributed by atoms with Crippen LogP contribution in [0.25, 0.3) is 17.2 Å². The number of carbonyl (C=O) groups is 4. The third-order valence-corrected chi connectivity index (χ3v) is 6.64. The average molecular weight is 567 g/mol. The Labute approximate surface area is 241 Å². The Hall–Kier alpha value is -4.14. The highest BCUT2D eigenvalue weighted by atomic mass is 16.4. The van der Waals surface area contributed by atoms with Crippen molar-refractivity contribution < 1.29 is 34.5 Å². The van der Waals surface area contributed by atoms with Crippen molar-refractivity contribution in [3.8, 4) is 16.9 Å². The fourth-order valence-electron chi connectivity index (χ4n) is 4.38. The number of hydrogen-bond acceptors (Lipinski definition) is 5.